The third kappa shape index (κ3) is 16.0. The maximum atomic E-state index is 12.5. The fourth-order valence-corrected chi connectivity index (χ4v) is 5.08. The zero-order valence-electron chi connectivity index (χ0n) is 17.4. The van der Waals surface area contributed by atoms with Gasteiger partial charge in [0.25, 0.3) is 0 Å². The summed E-state index contributed by atoms with van der Waals surface area (Å²) in [5.41, 5.74) is 0. The first-order valence-electron chi connectivity index (χ1n) is 11.2. The molecular formula is C22H46O2S. The minimum absolute atomic E-state index is 0.0137. The first kappa shape index (κ1) is 25.1. The summed E-state index contributed by atoms with van der Waals surface area (Å²) < 4.78 is 12.5. The Morgan fingerprint density at radius 2 is 1.08 bits per heavy atom. The van der Waals surface area contributed by atoms with Crippen molar-refractivity contribution in [1.82, 2.24) is 0 Å². The summed E-state index contributed by atoms with van der Waals surface area (Å²) in [4.78, 5) is 0. The molecule has 0 spiro atoms. The second kappa shape index (κ2) is 18.9. The minimum atomic E-state index is -0.858. The Balaban J connectivity index is 3.69. The molecule has 0 aromatic carbocycles. The van der Waals surface area contributed by atoms with E-state index in [0.717, 1.165) is 25.0 Å². The van der Waals surface area contributed by atoms with Crippen LogP contribution in [0.3, 0.4) is 0 Å². The fraction of sp³-hybridized carbons (Fsp3) is 1.00. The van der Waals surface area contributed by atoms with E-state index in [-0.39, 0.29) is 5.25 Å². The predicted molar refractivity (Wildman–Crippen MR) is 114 cm³/mol. The van der Waals surface area contributed by atoms with Gasteiger partial charge in [0.05, 0.1) is 11.4 Å². The van der Waals surface area contributed by atoms with Crippen LogP contribution in [0, 0.1) is 0 Å². The van der Waals surface area contributed by atoms with Crippen molar-refractivity contribution in [2.45, 2.75) is 135 Å². The van der Waals surface area contributed by atoms with Gasteiger partial charge in [0.15, 0.2) is 0 Å². The van der Waals surface area contributed by atoms with Gasteiger partial charge in [0, 0.05) is 16.6 Å². The van der Waals surface area contributed by atoms with Gasteiger partial charge in [-0.15, -0.1) is 0 Å². The molecule has 3 atom stereocenters. The highest BCUT2D eigenvalue weighted by Gasteiger charge is 2.21. The van der Waals surface area contributed by atoms with Crippen LogP contribution in [0.15, 0.2) is 0 Å². The number of aliphatic hydroxyl groups is 1. The van der Waals surface area contributed by atoms with Crippen LogP contribution in [0.4, 0.5) is 0 Å². The summed E-state index contributed by atoms with van der Waals surface area (Å²) in [6, 6.07) is 0. The average molecular weight is 375 g/mol. The van der Waals surface area contributed by atoms with Crippen molar-refractivity contribution in [3.8, 4) is 0 Å². The maximum Gasteiger partial charge on any atom is 0.0655 e. The Kier molecular flexibility index (Phi) is 19.0. The van der Waals surface area contributed by atoms with E-state index in [1.165, 1.54) is 83.5 Å². The Morgan fingerprint density at radius 3 is 1.52 bits per heavy atom. The normalized spacial score (nSPS) is 15.2. The van der Waals surface area contributed by atoms with E-state index in [0.29, 0.717) is 0 Å². The molecule has 0 aromatic heterocycles. The molecule has 0 saturated carbocycles. The molecule has 0 aliphatic carbocycles. The first-order valence-corrected chi connectivity index (χ1v) is 12.6. The SMILES string of the molecule is CCCCCCCCCCCS(=O)C(CCCCCCCC)C(C)O. The van der Waals surface area contributed by atoms with Crippen molar-refractivity contribution in [3.63, 3.8) is 0 Å². The fourth-order valence-electron chi connectivity index (χ4n) is 3.42. The van der Waals surface area contributed by atoms with Gasteiger partial charge in [0.2, 0.25) is 0 Å². The second-order valence-electron chi connectivity index (χ2n) is 7.75. The lowest BCUT2D eigenvalue weighted by Gasteiger charge is -2.19. The van der Waals surface area contributed by atoms with Crippen molar-refractivity contribution in [3.05, 3.63) is 0 Å². The van der Waals surface area contributed by atoms with E-state index in [2.05, 4.69) is 13.8 Å². The van der Waals surface area contributed by atoms with Crippen molar-refractivity contribution in [2.75, 3.05) is 5.75 Å². The lowest BCUT2D eigenvalue weighted by molar-refractivity contribution is 0.184. The lowest BCUT2D eigenvalue weighted by atomic mass is 10.1. The van der Waals surface area contributed by atoms with Crippen molar-refractivity contribution >= 4 is 10.8 Å². The Hall–Kier alpha value is 0.110. The topological polar surface area (TPSA) is 37.3 Å². The molecule has 0 saturated heterocycles. The van der Waals surface area contributed by atoms with Crippen LogP contribution in [0.2, 0.25) is 0 Å². The van der Waals surface area contributed by atoms with Crippen molar-refractivity contribution in [2.24, 2.45) is 0 Å². The van der Waals surface area contributed by atoms with Gasteiger partial charge in [0.1, 0.15) is 0 Å². The summed E-state index contributed by atoms with van der Waals surface area (Å²) in [6.07, 6.45) is 19.7. The number of aliphatic hydroxyl groups excluding tert-OH is 1. The molecule has 25 heavy (non-hydrogen) atoms. The van der Waals surface area contributed by atoms with E-state index in [1.807, 2.05) is 6.92 Å². The largest absolute Gasteiger partial charge is 0.392 e. The third-order valence-electron chi connectivity index (χ3n) is 5.17. The highest BCUT2D eigenvalue weighted by atomic mass is 32.2. The Labute approximate surface area is 161 Å². The molecule has 1 N–H and O–H groups in total. The van der Waals surface area contributed by atoms with Gasteiger partial charge < -0.3 is 5.11 Å². The standard InChI is InChI=1S/C22H46O2S/c1-4-6-8-10-12-13-14-16-18-20-25(24)22(21(3)23)19-17-15-11-9-7-5-2/h21-23H,4-20H2,1-3H3. The van der Waals surface area contributed by atoms with E-state index >= 15 is 0 Å². The molecule has 0 aromatic rings. The zero-order valence-corrected chi connectivity index (χ0v) is 18.3. The second-order valence-corrected chi connectivity index (χ2v) is 9.52. The number of rotatable bonds is 19. The average Bonchev–Trinajstić information content (AvgIpc) is 2.59. The van der Waals surface area contributed by atoms with Crippen LogP contribution in [0.25, 0.3) is 0 Å². The van der Waals surface area contributed by atoms with Crippen LogP contribution in [-0.4, -0.2) is 26.4 Å². The summed E-state index contributed by atoms with van der Waals surface area (Å²) in [5.74, 6) is 0.779. The number of hydrogen-bond donors (Lipinski definition) is 1. The molecular weight excluding hydrogens is 328 g/mol. The molecule has 2 nitrogen and oxygen atoms in total. The van der Waals surface area contributed by atoms with Crippen LogP contribution < -0.4 is 0 Å². The van der Waals surface area contributed by atoms with Gasteiger partial charge in [-0.3, -0.25) is 4.21 Å². The van der Waals surface area contributed by atoms with Gasteiger partial charge >= 0.3 is 0 Å². The van der Waals surface area contributed by atoms with E-state index in [1.54, 1.807) is 0 Å². The molecule has 152 valence electrons. The molecule has 0 fully saturated rings. The number of hydrogen-bond acceptors (Lipinski definition) is 2. The van der Waals surface area contributed by atoms with Gasteiger partial charge in [-0.2, -0.15) is 0 Å². The zero-order chi connectivity index (χ0) is 18.8. The van der Waals surface area contributed by atoms with Gasteiger partial charge in [-0.05, 0) is 19.8 Å². The van der Waals surface area contributed by atoms with E-state index in [9.17, 15) is 9.32 Å². The molecule has 3 unspecified atom stereocenters. The first-order chi connectivity index (χ1) is 12.1. The predicted octanol–water partition coefficient (Wildman–Crippen LogP) is 6.77. The highest BCUT2D eigenvalue weighted by molar-refractivity contribution is 7.85. The summed E-state index contributed by atoms with van der Waals surface area (Å²) in [6.45, 7) is 6.31. The molecule has 0 rings (SSSR count). The Bertz CT molecular complexity index is 292. The van der Waals surface area contributed by atoms with Crippen LogP contribution in [0.1, 0.15) is 124 Å². The summed E-state index contributed by atoms with van der Waals surface area (Å²) in [5, 5.41) is 9.96. The lowest BCUT2D eigenvalue weighted by Crippen LogP contribution is -2.29. The van der Waals surface area contributed by atoms with Crippen LogP contribution in [0.5, 0.6) is 0 Å². The molecule has 0 aliphatic heterocycles. The summed E-state index contributed by atoms with van der Waals surface area (Å²) in [7, 11) is -0.858. The minimum Gasteiger partial charge on any atom is -0.392 e. The van der Waals surface area contributed by atoms with E-state index < -0.39 is 16.9 Å². The molecule has 0 aliphatic rings. The molecule has 0 heterocycles. The van der Waals surface area contributed by atoms with E-state index in [4.69, 9.17) is 0 Å². The van der Waals surface area contributed by atoms with Crippen LogP contribution in [-0.2, 0) is 10.8 Å². The summed E-state index contributed by atoms with van der Waals surface area (Å²) >= 11 is 0. The van der Waals surface area contributed by atoms with Gasteiger partial charge in [-0.25, -0.2) is 0 Å². The maximum absolute atomic E-state index is 12.5. The Morgan fingerprint density at radius 1 is 0.680 bits per heavy atom. The molecule has 0 bridgehead atoms. The van der Waals surface area contributed by atoms with Gasteiger partial charge in [-0.1, -0.05) is 104 Å². The molecule has 0 radical (unpaired) electrons. The van der Waals surface area contributed by atoms with Crippen LogP contribution >= 0.6 is 0 Å². The third-order valence-corrected chi connectivity index (χ3v) is 7.16. The molecule has 0 amide bonds. The van der Waals surface area contributed by atoms with Crippen molar-refractivity contribution < 1.29 is 9.32 Å². The highest BCUT2D eigenvalue weighted by Crippen LogP contribution is 2.17. The molecule has 3 heteroatoms. The van der Waals surface area contributed by atoms with Crippen molar-refractivity contribution in [1.29, 1.82) is 0 Å². The quantitative estimate of drug-likeness (QED) is 0.253. The smallest absolute Gasteiger partial charge is 0.0655 e. The monoisotopic (exact) mass is 374 g/mol. The number of unbranched alkanes of at least 4 members (excludes halogenated alkanes) is 13.